The van der Waals surface area contributed by atoms with E-state index in [-0.39, 0.29) is 18.2 Å². The molecular formula is C25H28Cl2N4O5S. The van der Waals surface area contributed by atoms with E-state index in [1.54, 1.807) is 29.3 Å². The van der Waals surface area contributed by atoms with Crippen LogP contribution in [0.5, 0.6) is 5.75 Å². The highest BCUT2D eigenvalue weighted by atomic mass is 35.5. The number of benzene rings is 1. The minimum absolute atomic E-state index is 0.0499. The Balaban J connectivity index is 1.42. The number of aryl methyl sites for hydroxylation is 1. The molecule has 0 spiro atoms. The molecule has 37 heavy (non-hydrogen) atoms. The van der Waals surface area contributed by atoms with Crippen molar-refractivity contribution in [3.8, 4) is 5.75 Å². The zero-order valence-corrected chi connectivity index (χ0v) is 23.1. The molecule has 0 atom stereocenters. The predicted octanol–water partition coefficient (Wildman–Crippen LogP) is 4.64. The Hall–Kier alpha value is -2.66. The number of amides is 1. The fraction of sp³-hybridized carbons (Fsp3) is 0.440. The molecule has 4 rings (SSSR count). The van der Waals surface area contributed by atoms with Crippen molar-refractivity contribution in [2.75, 3.05) is 26.2 Å². The molecule has 198 valence electrons. The van der Waals surface area contributed by atoms with Gasteiger partial charge in [0.15, 0.2) is 16.4 Å². The van der Waals surface area contributed by atoms with Crippen molar-refractivity contribution in [2.24, 2.45) is 0 Å². The molecule has 3 heterocycles. The number of aromatic nitrogens is 2. The predicted molar refractivity (Wildman–Crippen MR) is 143 cm³/mol. The Kier molecular flexibility index (Phi) is 8.13. The van der Waals surface area contributed by atoms with Crippen LogP contribution in [0, 0.1) is 0 Å². The van der Waals surface area contributed by atoms with Crippen molar-refractivity contribution in [2.45, 2.75) is 45.8 Å². The summed E-state index contributed by atoms with van der Waals surface area (Å²) in [6.45, 7) is 8.45. The molecule has 1 N–H and O–H groups in total. The second-order valence-corrected chi connectivity index (χ2v) is 11.8. The third kappa shape index (κ3) is 6.62. The molecule has 3 aromatic rings. The fourth-order valence-corrected chi connectivity index (χ4v) is 5.28. The number of nitrogens with zero attached hydrogens (tertiary/aromatic N) is 4. The van der Waals surface area contributed by atoms with Crippen LogP contribution in [-0.4, -0.2) is 67.9 Å². The average molecular weight is 567 g/mol. The summed E-state index contributed by atoms with van der Waals surface area (Å²) < 4.78 is 6.71. The highest BCUT2D eigenvalue weighted by Gasteiger charge is 2.26. The number of Topliss-reactive ketones (excluding diaryl/α,β-unsaturated/α-hetero) is 1. The van der Waals surface area contributed by atoms with Gasteiger partial charge in [-0.3, -0.25) is 18.9 Å². The number of piperazine rings is 1. The summed E-state index contributed by atoms with van der Waals surface area (Å²) in [5, 5.41) is 11.2. The van der Waals surface area contributed by atoms with Gasteiger partial charge < -0.3 is 14.7 Å². The van der Waals surface area contributed by atoms with Crippen molar-refractivity contribution in [1.82, 2.24) is 19.2 Å². The maximum atomic E-state index is 12.8. The topological polar surface area (TPSA) is 104 Å². The van der Waals surface area contributed by atoms with E-state index in [9.17, 15) is 19.5 Å². The molecule has 1 aliphatic heterocycles. The maximum absolute atomic E-state index is 12.8. The van der Waals surface area contributed by atoms with Crippen LogP contribution in [0.15, 0.2) is 29.2 Å². The highest BCUT2D eigenvalue weighted by Crippen LogP contribution is 2.25. The molecular weight excluding hydrogens is 539 g/mol. The second kappa shape index (κ2) is 11.0. The number of hydrogen-bond donors (Lipinski definition) is 1. The molecule has 1 saturated heterocycles. The van der Waals surface area contributed by atoms with E-state index < -0.39 is 22.7 Å². The van der Waals surface area contributed by atoms with Gasteiger partial charge in [-0.25, -0.2) is 9.78 Å². The Morgan fingerprint density at radius 1 is 1.14 bits per heavy atom. The Morgan fingerprint density at radius 2 is 1.84 bits per heavy atom. The Morgan fingerprint density at radius 3 is 2.49 bits per heavy atom. The van der Waals surface area contributed by atoms with E-state index in [0.29, 0.717) is 54.2 Å². The quantitative estimate of drug-likeness (QED) is 0.433. The summed E-state index contributed by atoms with van der Waals surface area (Å²) in [5.74, 6) is -1.09. The number of carbonyl (C=O) groups is 2. The first-order chi connectivity index (χ1) is 17.4. The van der Waals surface area contributed by atoms with Crippen LogP contribution < -0.4 is 5.56 Å². The van der Waals surface area contributed by atoms with Crippen molar-refractivity contribution < 1.29 is 19.4 Å². The molecule has 0 saturated carbocycles. The normalized spacial score (nSPS) is 14.8. The van der Waals surface area contributed by atoms with Gasteiger partial charge in [-0.1, -0.05) is 40.6 Å². The van der Waals surface area contributed by atoms with Crippen molar-refractivity contribution in [3.05, 3.63) is 60.9 Å². The number of ether oxygens (including phenoxy) is 1. The van der Waals surface area contributed by atoms with E-state index >= 15 is 0 Å². The lowest BCUT2D eigenvalue weighted by molar-refractivity contribution is 0.0139. The monoisotopic (exact) mass is 566 g/mol. The molecule has 1 aromatic carbocycles. The molecule has 0 bridgehead atoms. The lowest BCUT2D eigenvalue weighted by Gasteiger charge is -2.35. The minimum atomic E-state index is -0.680. The largest absolute Gasteiger partial charge is 0.501 e. The summed E-state index contributed by atoms with van der Waals surface area (Å²) in [4.78, 5) is 47.2. The molecule has 0 aliphatic carbocycles. The van der Waals surface area contributed by atoms with Crippen molar-refractivity contribution in [3.63, 3.8) is 0 Å². The molecule has 12 heteroatoms. The number of carbonyl (C=O) groups excluding carboxylic acids is 2. The number of rotatable bonds is 6. The third-order valence-corrected chi connectivity index (χ3v) is 7.55. The van der Waals surface area contributed by atoms with Gasteiger partial charge in [0.05, 0.1) is 10.0 Å². The number of fused-ring (bicyclic) bond motifs is 1. The molecule has 2 aromatic heterocycles. The first-order valence-corrected chi connectivity index (χ1v) is 13.4. The number of thiazole rings is 1. The van der Waals surface area contributed by atoms with E-state index in [4.69, 9.17) is 27.9 Å². The molecule has 1 fully saturated rings. The minimum Gasteiger partial charge on any atom is -0.501 e. The number of ketones is 1. The van der Waals surface area contributed by atoms with E-state index in [1.165, 1.54) is 15.7 Å². The van der Waals surface area contributed by atoms with Gasteiger partial charge in [-0.2, -0.15) is 0 Å². The Bertz CT molecular complexity index is 1390. The Labute approximate surface area is 228 Å². The van der Waals surface area contributed by atoms with Gasteiger partial charge in [-0.05, 0) is 44.9 Å². The molecule has 0 unspecified atom stereocenters. The van der Waals surface area contributed by atoms with Gasteiger partial charge in [0, 0.05) is 50.2 Å². The first kappa shape index (κ1) is 27.4. The molecule has 0 radical (unpaired) electrons. The van der Waals surface area contributed by atoms with E-state index in [2.05, 4.69) is 9.88 Å². The maximum Gasteiger partial charge on any atom is 0.410 e. The standard InChI is InChI=1S/C25H28Cl2N4O5S/c1-25(2,3)36-24(35)30-10-8-29(9-11-30)13-16-14-31-22(34)21(33)20(28-23(31)37-16)19(32)7-5-15-4-6-17(26)18(27)12-15/h4,6,12,14,33H,5,7-11,13H2,1-3H3. The van der Waals surface area contributed by atoms with E-state index in [1.807, 2.05) is 20.8 Å². The van der Waals surface area contributed by atoms with E-state index in [0.717, 1.165) is 10.4 Å². The van der Waals surface area contributed by atoms with Crippen LogP contribution in [0.25, 0.3) is 4.96 Å². The number of hydrogen-bond acceptors (Lipinski definition) is 8. The van der Waals surface area contributed by atoms with Crippen molar-refractivity contribution in [1.29, 1.82) is 0 Å². The van der Waals surface area contributed by atoms with Gasteiger partial charge in [0.25, 0.3) is 0 Å². The third-order valence-electron chi connectivity index (χ3n) is 5.85. The van der Waals surface area contributed by atoms with Crippen LogP contribution >= 0.6 is 34.5 Å². The summed E-state index contributed by atoms with van der Waals surface area (Å²) >= 11 is 13.3. The summed E-state index contributed by atoms with van der Waals surface area (Å²) in [5.41, 5.74) is -0.643. The van der Waals surface area contributed by atoms with Crippen LogP contribution in [0.2, 0.25) is 10.0 Å². The van der Waals surface area contributed by atoms with Gasteiger partial charge in [0.2, 0.25) is 5.75 Å². The van der Waals surface area contributed by atoms with Gasteiger partial charge >= 0.3 is 11.7 Å². The zero-order valence-electron chi connectivity index (χ0n) is 20.8. The van der Waals surface area contributed by atoms with Gasteiger partial charge in [-0.15, -0.1) is 0 Å². The highest BCUT2D eigenvalue weighted by molar-refractivity contribution is 7.17. The number of aromatic hydroxyl groups is 1. The van der Waals surface area contributed by atoms with Crippen LogP contribution in [0.4, 0.5) is 4.79 Å². The summed E-state index contributed by atoms with van der Waals surface area (Å²) in [7, 11) is 0. The molecule has 9 nitrogen and oxygen atoms in total. The lowest BCUT2D eigenvalue weighted by Crippen LogP contribution is -2.49. The zero-order chi connectivity index (χ0) is 26.9. The molecule has 1 amide bonds. The van der Waals surface area contributed by atoms with Crippen LogP contribution in [0.1, 0.15) is 48.1 Å². The summed E-state index contributed by atoms with van der Waals surface area (Å²) in [6, 6.07) is 5.11. The van der Waals surface area contributed by atoms with Gasteiger partial charge in [0.1, 0.15) is 5.60 Å². The lowest BCUT2D eigenvalue weighted by atomic mass is 10.1. The van der Waals surface area contributed by atoms with Crippen molar-refractivity contribution >= 4 is 51.4 Å². The first-order valence-electron chi connectivity index (χ1n) is 11.8. The SMILES string of the molecule is CC(C)(C)OC(=O)N1CCN(Cc2cn3c(=O)c(O)c(C(=O)CCc4ccc(Cl)c(Cl)c4)nc3s2)CC1. The second-order valence-electron chi connectivity index (χ2n) is 9.88. The smallest absolute Gasteiger partial charge is 0.410 e. The fourth-order valence-electron chi connectivity index (χ4n) is 3.95. The summed E-state index contributed by atoms with van der Waals surface area (Å²) in [6.07, 6.45) is 1.73. The van der Waals surface area contributed by atoms with Crippen LogP contribution in [0.3, 0.4) is 0 Å². The molecule has 1 aliphatic rings. The number of halogens is 2. The van der Waals surface area contributed by atoms with Crippen LogP contribution in [-0.2, 0) is 17.7 Å². The average Bonchev–Trinajstić information content (AvgIpc) is 3.24.